The van der Waals surface area contributed by atoms with Gasteiger partial charge in [0.1, 0.15) is 5.75 Å². The number of aldehydes is 1. The van der Waals surface area contributed by atoms with Gasteiger partial charge in [0.15, 0.2) is 6.29 Å². The molecule has 1 aromatic carbocycles. The molecule has 29 heavy (non-hydrogen) atoms. The van der Waals surface area contributed by atoms with E-state index in [0.29, 0.717) is 28.9 Å². The summed E-state index contributed by atoms with van der Waals surface area (Å²) in [5, 5.41) is 0. The van der Waals surface area contributed by atoms with E-state index in [2.05, 4.69) is 13.8 Å². The van der Waals surface area contributed by atoms with Crippen molar-refractivity contribution in [2.24, 2.45) is 0 Å². The number of nitrogens with zero attached hydrogens (tertiary/aromatic N) is 1. The van der Waals surface area contributed by atoms with Gasteiger partial charge in [-0.15, -0.1) is 0 Å². The number of hydrogen-bond donors (Lipinski definition) is 0. The maximum atomic E-state index is 12.9. The van der Waals surface area contributed by atoms with E-state index in [1.54, 1.807) is 17.5 Å². The minimum Gasteiger partial charge on any atom is -0.494 e. The molecule has 5 nitrogen and oxygen atoms in total. The topological polar surface area (TPSA) is 57.0 Å². The first-order valence-electron chi connectivity index (χ1n) is 10.1. The van der Waals surface area contributed by atoms with E-state index in [9.17, 15) is 9.59 Å². The Labute approximate surface area is 171 Å². The molecule has 0 fully saturated rings. The third-order valence-electron chi connectivity index (χ3n) is 5.21. The Balaban J connectivity index is 2.33. The van der Waals surface area contributed by atoms with Crippen molar-refractivity contribution < 1.29 is 19.1 Å². The second-order valence-corrected chi connectivity index (χ2v) is 6.92. The summed E-state index contributed by atoms with van der Waals surface area (Å²) in [4.78, 5) is 24.9. The lowest BCUT2D eigenvalue weighted by Crippen LogP contribution is -2.06. The van der Waals surface area contributed by atoms with Gasteiger partial charge in [0.05, 0.1) is 30.0 Å². The van der Waals surface area contributed by atoms with Gasteiger partial charge in [0.25, 0.3) is 0 Å². The van der Waals surface area contributed by atoms with E-state index in [-0.39, 0.29) is 12.5 Å². The van der Waals surface area contributed by atoms with Crippen molar-refractivity contribution in [3.63, 3.8) is 0 Å². The summed E-state index contributed by atoms with van der Waals surface area (Å²) in [6.07, 6.45) is 3.53. The van der Waals surface area contributed by atoms with Crippen LogP contribution in [0, 0.1) is 0 Å². The third kappa shape index (κ3) is 3.77. The molecule has 0 N–H and O–H groups in total. The lowest BCUT2D eigenvalue weighted by Gasteiger charge is -2.17. The molecule has 3 rings (SSSR count). The van der Waals surface area contributed by atoms with Gasteiger partial charge >= 0.3 is 5.97 Å². The lowest BCUT2D eigenvalue weighted by atomic mass is 9.92. The Morgan fingerprint density at radius 3 is 2.59 bits per heavy atom. The molecule has 0 radical (unpaired) electrons. The first-order valence-corrected chi connectivity index (χ1v) is 10.1. The zero-order valence-corrected chi connectivity index (χ0v) is 17.4. The zero-order valence-electron chi connectivity index (χ0n) is 17.4. The first-order chi connectivity index (χ1) is 14.1. The van der Waals surface area contributed by atoms with E-state index in [1.165, 1.54) is 0 Å². The number of rotatable bonds is 8. The van der Waals surface area contributed by atoms with Crippen molar-refractivity contribution in [3.05, 3.63) is 59.4 Å². The Kier molecular flexibility index (Phi) is 6.37. The quantitative estimate of drug-likeness (QED) is 0.374. The van der Waals surface area contributed by atoms with Crippen LogP contribution in [0.5, 0.6) is 5.75 Å². The van der Waals surface area contributed by atoms with Crippen molar-refractivity contribution in [1.82, 2.24) is 4.40 Å². The Hall–Kier alpha value is -3.08. The predicted octanol–water partition coefficient (Wildman–Crippen LogP) is 5.51. The van der Waals surface area contributed by atoms with E-state index >= 15 is 0 Å². The second kappa shape index (κ2) is 8.95. The van der Waals surface area contributed by atoms with Crippen molar-refractivity contribution in [2.75, 3.05) is 13.2 Å². The molecule has 152 valence electrons. The molecule has 0 aliphatic carbocycles. The van der Waals surface area contributed by atoms with Gasteiger partial charge < -0.3 is 13.9 Å². The minimum atomic E-state index is -0.432. The van der Waals surface area contributed by atoms with Gasteiger partial charge in [-0.1, -0.05) is 26.0 Å². The highest BCUT2D eigenvalue weighted by atomic mass is 16.5. The number of esters is 1. The largest absolute Gasteiger partial charge is 0.494 e. The van der Waals surface area contributed by atoms with Gasteiger partial charge in [-0.3, -0.25) is 4.79 Å². The van der Waals surface area contributed by atoms with Crippen LogP contribution in [0.15, 0.2) is 42.6 Å². The number of ether oxygens (including phenoxy) is 2. The number of carbonyl (C=O) groups excluding carboxylic acids is 2. The fourth-order valence-corrected chi connectivity index (χ4v) is 3.65. The molecule has 1 unspecified atom stereocenters. The van der Waals surface area contributed by atoms with E-state index in [0.717, 1.165) is 29.6 Å². The molecule has 0 spiro atoms. The highest BCUT2D eigenvalue weighted by molar-refractivity contribution is 6.09. The van der Waals surface area contributed by atoms with Crippen LogP contribution in [0.1, 0.15) is 66.4 Å². The molecule has 0 aliphatic heterocycles. The SMILES string of the molecule is CCOC(=O)c1c(-c2ccc(OCC)c(C(C)CC)c2)c(C=O)n2ccccc12. The van der Waals surface area contributed by atoms with Crippen molar-refractivity contribution in [2.45, 2.75) is 40.0 Å². The summed E-state index contributed by atoms with van der Waals surface area (Å²) < 4.78 is 12.9. The summed E-state index contributed by atoms with van der Waals surface area (Å²) in [6, 6.07) is 11.4. The van der Waals surface area contributed by atoms with Crippen LogP contribution in [0.4, 0.5) is 0 Å². The average Bonchev–Trinajstić information content (AvgIpc) is 3.08. The molecule has 1 atom stereocenters. The minimum absolute atomic E-state index is 0.264. The molecule has 0 aliphatic rings. The Bertz CT molecular complexity index is 1030. The monoisotopic (exact) mass is 393 g/mol. The summed E-state index contributed by atoms with van der Waals surface area (Å²) in [5.74, 6) is 0.678. The van der Waals surface area contributed by atoms with Crippen LogP contribution in [0.25, 0.3) is 16.6 Å². The summed E-state index contributed by atoms with van der Waals surface area (Å²) in [5.41, 5.74) is 3.96. The van der Waals surface area contributed by atoms with Gasteiger partial charge in [-0.2, -0.15) is 0 Å². The molecule has 5 heteroatoms. The van der Waals surface area contributed by atoms with Gasteiger partial charge in [-0.05, 0) is 61.6 Å². The van der Waals surface area contributed by atoms with E-state index in [4.69, 9.17) is 9.47 Å². The molecule has 3 aromatic rings. The molecule has 2 heterocycles. The zero-order chi connectivity index (χ0) is 21.0. The Morgan fingerprint density at radius 1 is 1.14 bits per heavy atom. The fraction of sp³-hybridized carbons (Fsp3) is 0.333. The Morgan fingerprint density at radius 2 is 1.93 bits per heavy atom. The van der Waals surface area contributed by atoms with Crippen LogP contribution >= 0.6 is 0 Å². The highest BCUT2D eigenvalue weighted by Gasteiger charge is 2.26. The standard InChI is InChI=1S/C24H27NO4/c1-5-16(4)18-14-17(11-12-21(18)28-6-2)22-20(15-26)25-13-9-8-10-19(25)23(22)24(27)29-7-3/h8-16H,5-7H2,1-4H3. The maximum Gasteiger partial charge on any atom is 0.340 e. The average molecular weight is 393 g/mol. The van der Waals surface area contributed by atoms with Crippen molar-refractivity contribution >= 4 is 17.8 Å². The lowest BCUT2D eigenvalue weighted by molar-refractivity contribution is 0.0529. The molecular formula is C24H27NO4. The van der Waals surface area contributed by atoms with Crippen LogP contribution in [-0.4, -0.2) is 29.9 Å². The van der Waals surface area contributed by atoms with Crippen LogP contribution in [0.2, 0.25) is 0 Å². The third-order valence-corrected chi connectivity index (χ3v) is 5.21. The van der Waals surface area contributed by atoms with Crippen LogP contribution in [0.3, 0.4) is 0 Å². The van der Waals surface area contributed by atoms with E-state index < -0.39 is 5.97 Å². The van der Waals surface area contributed by atoms with Gasteiger partial charge in [0, 0.05) is 11.8 Å². The molecular weight excluding hydrogens is 366 g/mol. The maximum absolute atomic E-state index is 12.9. The summed E-state index contributed by atoms with van der Waals surface area (Å²) in [6.45, 7) is 8.84. The summed E-state index contributed by atoms with van der Waals surface area (Å²) in [7, 11) is 0. The van der Waals surface area contributed by atoms with Crippen molar-refractivity contribution in [1.29, 1.82) is 0 Å². The molecule has 0 bridgehead atoms. The number of hydrogen-bond acceptors (Lipinski definition) is 4. The van der Waals surface area contributed by atoms with Crippen LogP contribution in [-0.2, 0) is 4.74 Å². The number of aromatic nitrogens is 1. The number of carbonyl (C=O) groups is 2. The van der Waals surface area contributed by atoms with Crippen molar-refractivity contribution in [3.8, 4) is 16.9 Å². The smallest absolute Gasteiger partial charge is 0.340 e. The van der Waals surface area contributed by atoms with Gasteiger partial charge in [-0.25, -0.2) is 4.79 Å². The van der Waals surface area contributed by atoms with Gasteiger partial charge in [0.2, 0.25) is 0 Å². The summed E-state index contributed by atoms with van der Waals surface area (Å²) >= 11 is 0. The normalized spacial score (nSPS) is 12.0. The molecule has 0 amide bonds. The highest BCUT2D eigenvalue weighted by Crippen LogP contribution is 2.38. The number of fused-ring (bicyclic) bond motifs is 1. The molecule has 2 aromatic heterocycles. The second-order valence-electron chi connectivity index (χ2n) is 6.92. The van der Waals surface area contributed by atoms with E-state index in [1.807, 2.05) is 43.3 Å². The molecule has 0 saturated carbocycles. The molecule has 0 saturated heterocycles. The fourth-order valence-electron chi connectivity index (χ4n) is 3.65. The number of pyridine rings is 1. The number of benzene rings is 1. The first kappa shape index (κ1) is 20.6. The van der Waals surface area contributed by atoms with Crippen LogP contribution < -0.4 is 4.74 Å². The predicted molar refractivity (Wildman–Crippen MR) is 114 cm³/mol.